The second kappa shape index (κ2) is 5.30. The van der Waals surface area contributed by atoms with Crippen LogP contribution in [0.1, 0.15) is 0 Å². The summed E-state index contributed by atoms with van der Waals surface area (Å²) in [5.74, 6) is 0. The molecule has 1 rings (SSSR count). The zero-order valence-electron chi connectivity index (χ0n) is 4.47. The standard InChI is InChI=1S/C3H4N2.CHF3/c1-2-5-3-4-1;2-1(3)4/h1-3H,(H,4,5);1H/p+1. The fourth-order valence-electron chi connectivity index (χ4n) is 0.248. The molecule has 9 heavy (non-hydrogen) atoms. The van der Waals surface area contributed by atoms with Crippen LogP contribution >= 0.6 is 0 Å². The molecule has 1 aliphatic rings. The summed E-state index contributed by atoms with van der Waals surface area (Å²) in [4.78, 5) is 3.72. The number of hydrogen-bond donors (Lipinski definition) is 1. The van der Waals surface area contributed by atoms with E-state index in [1.54, 1.807) is 12.5 Å². The van der Waals surface area contributed by atoms with Crippen molar-refractivity contribution in [3.8, 4) is 0 Å². The first-order valence-electron chi connectivity index (χ1n) is 2.17. The Morgan fingerprint density at radius 2 is 1.89 bits per heavy atom. The van der Waals surface area contributed by atoms with Gasteiger partial charge in [0.15, 0.2) is 6.34 Å². The molecule has 0 saturated carbocycles. The maximum atomic E-state index is 9.67. The molecule has 0 aromatic carbocycles. The van der Waals surface area contributed by atoms with Crippen LogP contribution in [0.25, 0.3) is 0 Å². The van der Waals surface area contributed by atoms with Crippen LogP contribution in [-0.2, 0) is 0 Å². The zero-order valence-corrected chi connectivity index (χ0v) is 4.47. The summed E-state index contributed by atoms with van der Waals surface area (Å²) in [6.45, 7) is -3.67. The Morgan fingerprint density at radius 3 is 2.00 bits per heavy atom. The minimum absolute atomic E-state index is 1.75. The van der Waals surface area contributed by atoms with Crippen molar-refractivity contribution < 1.29 is 18.5 Å². The van der Waals surface area contributed by atoms with Gasteiger partial charge in [-0.25, -0.2) is 4.99 Å². The molecule has 0 fully saturated rings. The molecule has 0 amide bonds. The number of aliphatic imine (C=N–C) groups is 1. The van der Waals surface area contributed by atoms with Gasteiger partial charge in [0.05, 0.1) is 6.20 Å². The normalized spacial score (nSPS) is 13.8. The van der Waals surface area contributed by atoms with Gasteiger partial charge in [0, 0.05) is 0 Å². The van der Waals surface area contributed by atoms with Crippen LogP contribution < -0.4 is 5.32 Å². The van der Waals surface area contributed by atoms with E-state index >= 15 is 0 Å². The first kappa shape index (κ1) is 8.16. The summed E-state index contributed by atoms with van der Waals surface area (Å²) >= 11 is 0. The molecule has 1 aliphatic heterocycles. The van der Waals surface area contributed by atoms with E-state index in [4.69, 9.17) is 0 Å². The highest BCUT2D eigenvalue weighted by molar-refractivity contribution is 5.45. The van der Waals surface area contributed by atoms with E-state index in [2.05, 4.69) is 4.99 Å². The van der Waals surface area contributed by atoms with E-state index in [1.165, 1.54) is 0 Å². The minimum Gasteiger partial charge on any atom is -0.276 e. The largest absolute Gasteiger partial charge is 0.379 e. The molecule has 0 atom stereocenters. The van der Waals surface area contributed by atoms with E-state index in [0.29, 0.717) is 0 Å². The van der Waals surface area contributed by atoms with Gasteiger partial charge < -0.3 is 0 Å². The Bertz CT molecular complexity index is 97.6. The Balaban J connectivity index is 0.000000148. The maximum absolute atomic E-state index is 9.67. The summed E-state index contributed by atoms with van der Waals surface area (Å²) in [6, 6.07) is 0. The quantitative estimate of drug-likeness (QED) is 0.498. The van der Waals surface area contributed by atoms with E-state index in [0.717, 1.165) is 0 Å². The molecule has 1 heterocycles. The fourth-order valence-corrected chi connectivity index (χ4v) is 0.248. The minimum atomic E-state index is -3.67. The van der Waals surface area contributed by atoms with Gasteiger partial charge in [-0.3, -0.25) is 5.32 Å². The van der Waals surface area contributed by atoms with Crippen molar-refractivity contribution in [3.63, 3.8) is 0 Å². The summed E-state index contributed by atoms with van der Waals surface area (Å²) in [5.41, 5.74) is 0. The van der Waals surface area contributed by atoms with Crippen LogP contribution in [0.3, 0.4) is 0 Å². The van der Waals surface area contributed by atoms with Crippen molar-refractivity contribution in [2.24, 2.45) is 4.99 Å². The second-order valence-electron chi connectivity index (χ2n) is 1.08. The third-order valence-corrected chi connectivity index (χ3v) is 0.455. The van der Waals surface area contributed by atoms with E-state index in [1.807, 2.05) is 11.5 Å². The van der Waals surface area contributed by atoms with Crippen LogP contribution in [0.15, 0.2) is 17.4 Å². The fraction of sp³-hybridized carbons (Fsp3) is 0.250. The number of quaternary nitrogens is 1. The number of nitrogens with zero attached hydrogens (tertiary/aromatic N) is 1. The number of rotatable bonds is 0. The molecule has 0 radical (unpaired) electrons. The molecular formula is C4H6F3N2+. The summed E-state index contributed by atoms with van der Waals surface area (Å²) in [7, 11) is 0. The van der Waals surface area contributed by atoms with E-state index < -0.39 is 6.68 Å². The first-order chi connectivity index (χ1) is 4.23. The van der Waals surface area contributed by atoms with Gasteiger partial charge in [-0.15, -0.1) is 0 Å². The van der Waals surface area contributed by atoms with E-state index in [9.17, 15) is 13.2 Å². The Hall–Kier alpha value is -0.840. The van der Waals surface area contributed by atoms with Crippen LogP contribution in [-0.4, -0.2) is 13.0 Å². The van der Waals surface area contributed by atoms with Gasteiger partial charge in [0.25, 0.3) is 0 Å². The maximum Gasteiger partial charge on any atom is 0.379 e. The lowest BCUT2D eigenvalue weighted by atomic mass is 11.0. The number of nitrogens with two attached hydrogens (primary N) is 1. The molecule has 2 N–H and O–H groups in total. The van der Waals surface area contributed by atoms with Crippen molar-refractivity contribution in [2.45, 2.75) is 6.68 Å². The molecule has 0 aliphatic carbocycles. The van der Waals surface area contributed by atoms with Gasteiger partial charge in [0.1, 0.15) is 6.20 Å². The zero-order chi connectivity index (χ0) is 7.11. The molecule has 0 spiro atoms. The molecular weight excluding hydrogens is 133 g/mol. The Kier molecular flexibility index (Phi) is 4.81. The van der Waals surface area contributed by atoms with Gasteiger partial charge >= 0.3 is 6.68 Å². The Morgan fingerprint density at radius 1 is 1.33 bits per heavy atom. The average molecular weight is 139 g/mol. The van der Waals surface area contributed by atoms with Crippen molar-refractivity contribution in [1.29, 1.82) is 0 Å². The van der Waals surface area contributed by atoms with Crippen molar-refractivity contribution in [1.82, 2.24) is 0 Å². The average Bonchev–Trinajstić information content (AvgIpc) is 2.11. The number of halogens is 3. The van der Waals surface area contributed by atoms with Gasteiger partial charge in [-0.2, -0.15) is 13.2 Å². The highest BCUT2D eigenvalue weighted by atomic mass is 19.4. The van der Waals surface area contributed by atoms with Crippen LogP contribution in [0.4, 0.5) is 13.2 Å². The lowest BCUT2D eigenvalue weighted by Gasteiger charge is -1.65. The smallest absolute Gasteiger partial charge is 0.276 e. The highest BCUT2D eigenvalue weighted by Gasteiger charge is 1.86. The lowest BCUT2D eigenvalue weighted by molar-refractivity contribution is -0.447. The number of alkyl halides is 3. The van der Waals surface area contributed by atoms with E-state index in [-0.39, 0.29) is 0 Å². The first-order valence-corrected chi connectivity index (χ1v) is 2.17. The molecule has 2 nitrogen and oxygen atoms in total. The highest BCUT2D eigenvalue weighted by Crippen LogP contribution is 1.87. The third kappa shape index (κ3) is 11.0. The summed E-state index contributed by atoms with van der Waals surface area (Å²) < 4.78 is 29.0. The summed E-state index contributed by atoms with van der Waals surface area (Å²) in [5, 5.41) is 1.89. The van der Waals surface area contributed by atoms with Crippen molar-refractivity contribution in [3.05, 3.63) is 12.4 Å². The second-order valence-corrected chi connectivity index (χ2v) is 1.08. The molecule has 0 aromatic heterocycles. The summed E-state index contributed by atoms with van der Waals surface area (Å²) in [6.07, 6.45) is 5.39. The third-order valence-electron chi connectivity index (χ3n) is 0.455. The SMILES string of the molecule is C1=C[NH2+]C=N1.FC(F)F. The predicted octanol–water partition coefficient (Wildman–Crippen LogP) is 0.241. The molecule has 0 bridgehead atoms. The molecule has 52 valence electrons. The van der Waals surface area contributed by atoms with Crippen molar-refractivity contribution in [2.75, 3.05) is 0 Å². The van der Waals surface area contributed by atoms with Crippen LogP contribution in [0, 0.1) is 0 Å². The van der Waals surface area contributed by atoms with Crippen LogP contribution in [0.2, 0.25) is 0 Å². The monoisotopic (exact) mass is 139 g/mol. The van der Waals surface area contributed by atoms with Crippen molar-refractivity contribution >= 4 is 6.34 Å². The van der Waals surface area contributed by atoms with Crippen LogP contribution in [0.5, 0.6) is 0 Å². The van der Waals surface area contributed by atoms with Gasteiger partial charge in [-0.05, 0) is 0 Å². The predicted molar refractivity (Wildman–Crippen MR) is 26.7 cm³/mol. The molecule has 0 saturated heterocycles. The topological polar surface area (TPSA) is 29.0 Å². The number of hydrogen-bond acceptors (Lipinski definition) is 1. The molecule has 0 unspecified atom stereocenters. The van der Waals surface area contributed by atoms with Gasteiger partial charge in [-0.1, -0.05) is 0 Å². The Labute approximate surface area is 50.1 Å². The lowest BCUT2D eigenvalue weighted by Crippen LogP contribution is -2.74. The van der Waals surface area contributed by atoms with Gasteiger partial charge in [0.2, 0.25) is 0 Å². The molecule has 5 heteroatoms. The molecule has 0 aromatic rings.